The lowest BCUT2D eigenvalue weighted by atomic mass is 10.2. The Morgan fingerprint density at radius 1 is 1.42 bits per heavy atom. The van der Waals surface area contributed by atoms with Crippen molar-refractivity contribution in [3.8, 4) is 11.4 Å². The van der Waals surface area contributed by atoms with Crippen molar-refractivity contribution in [3.63, 3.8) is 0 Å². The fourth-order valence-corrected chi connectivity index (χ4v) is 3.59. The average molecular weight is 379 g/mol. The third kappa shape index (κ3) is 5.33. The molecular formula is C14H18ClF2N4O2P. The molecule has 0 aliphatic carbocycles. The van der Waals surface area contributed by atoms with E-state index in [0.29, 0.717) is 23.7 Å². The summed E-state index contributed by atoms with van der Waals surface area (Å²) in [5, 5.41) is 2.79. The van der Waals surface area contributed by atoms with Gasteiger partial charge in [0.2, 0.25) is 5.82 Å². The van der Waals surface area contributed by atoms with Gasteiger partial charge in [0, 0.05) is 30.7 Å². The van der Waals surface area contributed by atoms with Gasteiger partial charge in [0.05, 0.1) is 6.16 Å². The second-order valence-electron chi connectivity index (χ2n) is 5.97. The molecule has 0 fully saturated rings. The number of nitrogens with one attached hydrogen (secondary N) is 1. The Kier molecular flexibility index (Phi) is 5.73. The second kappa shape index (κ2) is 7.25. The van der Waals surface area contributed by atoms with Crippen molar-refractivity contribution in [3.05, 3.63) is 29.9 Å². The average Bonchev–Trinajstić information content (AvgIpc) is 2.96. The zero-order valence-corrected chi connectivity index (χ0v) is 15.1. The number of halogens is 3. The van der Waals surface area contributed by atoms with Gasteiger partial charge in [-0.3, -0.25) is 10.1 Å². The van der Waals surface area contributed by atoms with Gasteiger partial charge in [-0.1, -0.05) is 19.0 Å². The quantitative estimate of drug-likeness (QED) is 0.577. The molecule has 6 nitrogen and oxygen atoms in total. The van der Waals surface area contributed by atoms with Crippen LogP contribution in [0.1, 0.15) is 25.4 Å². The minimum Gasteiger partial charge on any atom is -0.331 e. The molecule has 1 N–H and O–H groups in total. The fraction of sp³-hybridized carbons (Fsp3) is 0.500. The Balaban J connectivity index is 2.08. The third-order valence-corrected chi connectivity index (χ3v) is 4.99. The Morgan fingerprint density at radius 2 is 2.12 bits per heavy atom. The highest BCUT2D eigenvalue weighted by Crippen LogP contribution is 2.40. The Bertz CT molecular complexity index is 731. The van der Waals surface area contributed by atoms with Gasteiger partial charge in [0.25, 0.3) is 0 Å². The molecule has 0 saturated heterocycles. The highest BCUT2D eigenvalue weighted by molar-refractivity contribution is 7.60. The zero-order valence-electron chi connectivity index (χ0n) is 13.5. The molecule has 132 valence electrons. The first-order valence-electron chi connectivity index (χ1n) is 7.25. The van der Waals surface area contributed by atoms with E-state index < -0.39 is 18.6 Å². The molecule has 2 heterocycles. The molecule has 10 heteroatoms. The molecule has 0 amide bonds. The van der Waals surface area contributed by atoms with Gasteiger partial charge in [-0.05, 0) is 29.7 Å². The van der Waals surface area contributed by atoms with Crippen LogP contribution in [-0.2, 0) is 16.1 Å². The van der Waals surface area contributed by atoms with Crippen LogP contribution in [0.3, 0.4) is 0 Å². The number of hydrogen-bond donors (Lipinski definition) is 1. The summed E-state index contributed by atoms with van der Waals surface area (Å²) in [7, 11) is -2.55. The Morgan fingerprint density at radius 3 is 2.62 bits per heavy atom. The van der Waals surface area contributed by atoms with Crippen LogP contribution in [0.25, 0.3) is 11.4 Å². The summed E-state index contributed by atoms with van der Waals surface area (Å²) < 4.78 is 42.6. The summed E-state index contributed by atoms with van der Waals surface area (Å²) in [6.45, 7) is 6.39. The van der Waals surface area contributed by atoms with E-state index in [0.717, 1.165) is 0 Å². The summed E-state index contributed by atoms with van der Waals surface area (Å²) >= 11 is 4.83. The standard InChI is InChI=1S/C14H18ClF2N4O2P/c1-9(2)6-19-24(3,22)8-11-5-4-10(7-18-11)12-20-13(23-21-12)14(15,16)17/h4-5,7,9H,6,8H2,1-3H3,(H,19,22). The molecule has 0 aromatic carbocycles. The molecule has 1 unspecified atom stereocenters. The molecule has 0 spiro atoms. The van der Waals surface area contributed by atoms with Gasteiger partial charge in [-0.15, -0.1) is 0 Å². The Hall–Kier alpha value is -1.37. The topological polar surface area (TPSA) is 80.9 Å². The van der Waals surface area contributed by atoms with Crippen molar-refractivity contribution >= 4 is 18.9 Å². The van der Waals surface area contributed by atoms with Gasteiger partial charge in [-0.25, -0.2) is 0 Å². The van der Waals surface area contributed by atoms with E-state index in [2.05, 4.69) is 24.7 Å². The summed E-state index contributed by atoms with van der Waals surface area (Å²) in [5.74, 6) is -0.623. The maximum Gasteiger partial charge on any atom is 0.400 e. The third-order valence-electron chi connectivity index (χ3n) is 3.05. The van der Waals surface area contributed by atoms with Crippen molar-refractivity contribution in [2.75, 3.05) is 13.2 Å². The first kappa shape index (κ1) is 19.0. The van der Waals surface area contributed by atoms with E-state index in [1.807, 2.05) is 13.8 Å². The lowest BCUT2D eigenvalue weighted by Crippen LogP contribution is -2.17. The fourth-order valence-electron chi connectivity index (χ4n) is 1.85. The van der Waals surface area contributed by atoms with Crippen molar-refractivity contribution in [1.29, 1.82) is 0 Å². The number of alkyl halides is 3. The SMILES string of the molecule is CC(C)CNP(C)(=O)Cc1ccc(-c2noc(C(F)(F)Cl)n2)cn1. The van der Waals surface area contributed by atoms with E-state index in [1.54, 1.807) is 18.8 Å². The number of aromatic nitrogens is 3. The molecule has 0 bridgehead atoms. The molecule has 0 aliphatic rings. The minimum atomic E-state index is -3.71. The van der Waals surface area contributed by atoms with Crippen molar-refractivity contribution in [1.82, 2.24) is 20.2 Å². The van der Waals surface area contributed by atoms with Crippen LogP contribution < -0.4 is 5.09 Å². The van der Waals surface area contributed by atoms with Crippen molar-refractivity contribution in [2.45, 2.75) is 25.4 Å². The molecule has 0 radical (unpaired) electrons. The van der Waals surface area contributed by atoms with E-state index in [9.17, 15) is 13.3 Å². The number of nitrogens with zero attached hydrogens (tertiary/aromatic N) is 3. The van der Waals surface area contributed by atoms with Crippen molar-refractivity contribution in [2.24, 2.45) is 5.92 Å². The van der Waals surface area contributed by atoms with Gasteiger partial charge < -0.3 is 9.09 Å². The highest BCUT2D eigenvalue weighted by Gasteiger charge is 2.35. The highest BCUT2D eigenvalue weighted by atomic mass is 35.5. The van der Waals surface area contributed by atoms with E-state index >= 15 is 0 Å². The van der Waals surface area contributed by atoms with Crippen LogP contribution in [0, 0.1) is 5.92 Å². The molecule has 2 rings (SSSR count). The predicted octanol–water partition coefficient (Wildman–Crippen LogP) is 4.07. The first-order valence-corrected chi connectivity index (χ1v) is 9.96. The summed E-state index contributed by atoms with van der Waals surface area (Å²) in [5.41, 5.74) is 1.02. The van der Waals surface area contributed by atoms with Crippen molar-refractivity contribution < 1.29 is 17.9 Å². The Labute approximate surface area is 143 Å². The van der Waals surface area contributed by atoms with Crippen LogP contribution in [0.5, 0.6) is 0 Å². The number of rotatable bonds is 7. The van der Waals surface area contributed by atoms with Gasteiger partial charge in [0.1, 0.15) is 0 Å². The minimum absolute atomic E-state index is 0.0398. The van der Waals surface area contributed by atoms with Crippen LogP contribution in [0.4, 0.5) is 8.78 Å². The number of hydrogen-bond acceptors (Lipinski definition) is 5. The lowest BCUT2D eigenvalue weighted by molar-refractivity contribution is 0.0551. The maximum absolute atomic E-state index is 12.9. The van der Waals surface area contributed by atoms with Crippen LogP contribution >= 0.6 is 18.9 Å². The largest absolute Gasteiger partial charge is 0.400 e. The van der Waals surface area contributed by atoms with Gasteiger partial charge in [0.15, 0.2) is 7.29 Å². The molecule has 1 atom stereocenters. The molecule has 2 aromatic rings. The second-order valence-corrected chi connectivity index (χ2v) is 9.28. The summed E-state index contributed by atoms with van der Waals surface area (Å²) in [4.78, 5) is 7.72. The summed E-state index contributed by atoms with van der Waals surface area (Å²) in [6, 6.07) is 3.25. The number of pyridine rings is 1. The monoisotopic (exact) mass is 378 g/mol. The van der Waals surface area contributed by atoms with Gasteiger partial charge in [-0.2, -0.15) is 13.8 Å². The molecular weight excluding hydrogens is 361 g/mol. The van der Waals surface area contributed by atoms with Gasteiger partial charge >= 0.3 is 11.3 Å². The first-order chi connectivity index (χ1) is 11.1. The zero-order chi connectivity index (χ0) is 18.0. The van der Waals surface area contributed by atoms with Crippen LogP contribution in [-0.4, -0.2) is 28.3 Å². The normalized spacial score (nSPS) is 14.8. The lowest BCUT2D eigenvalue weighted by Gasteiger charge is -2.16. The molecule has 0 saturated carbocycles. The molecule has 2 aromatic heterocycles. The van der Waals surface area contributed by atoms with E-state index in [4.69, 9.17) is 11.6 Å². The van der Waals surface area contributed by atoms with Crippen LogP contribution in [0.2, 0.25) is 0 Å². The van der Waals surface area contributed by atoms with E-state index in [1.165, 1.54) is 6.20 Å². The predicted molar refractivity (Wildman–Crippen MR) is 87.4 cm³/mol. The molecule has 0 aliphatic heterocycles. The van der Waals surface area contributed by atoms with Crippen LogP contribution in [0.15, 0.2) is 22.9 Å². The summed E-state index contributed by atoms with van der Waals surface area (Å²) in [6.07, 6.45) is 1.70. The molecule has 24 heavy (non-hydrogen) atoms. The maximum atomic E-state index is 12.9. The smallest absolute Gasteiger partial charge is 0.331 e. The van der Waals surface area contributed by atoms with E-state index in [-0.39, 0.29) is 12.0 Å².